The number of anilines is 2. The minimum Gasteiger partial charge on any atom is -0.459 e. The monoisotopic (exact) mass is 522 g/mol. The van der Waals surface area contributed by atoms with Gasteiger partial charge in [0.2, 0.25) is 0 Å². The molecule has 1 aliphatic rings. The standard InChI is InChI=1S/C32H46N2O4/c1-5-7-9-11-25(3)37-31(35)27-13-17-29(18-14-27)33-21-23-34(24-22-33)30-19-15-28(16-20-30)32(36)38-26(4)12-10-8-6-2/h13-20,25-26H,5-12,21-24H2,1-4H3/t25-,26-/m0/s1. The highest BCUT2D eigenvalue weighted by atomic mass is 16.5. The van der Waals surface area contributed by atoms with Crippen LogP contribution in [0.3, 0.4) is 0 Å². The summed E-state index contributed by atoms with van der Waals surface area (Å²) < 4.78 is 11.2. The molecule has 2 aromatic carbocycles. The predicted molar refractivity (Wildman–Crippen MR) is 155 cm³/mol. The van der Waals surface area contributed by atoms with Crippen LogP contribution >= 0.6 is 0 Å². The number of esters is 2. The molecule has 0 bridgehead atoms. The summed E-state index contributed by atoms with van der Waals surface area (Å²) in [7, 11) is 0. The number of hydrogen-bond donors (Lipinski definition) is 0. The van der Waals surface area contributed by atoms with Crippen molar-refractivity contribution in [2.45, 2.75) is 91.3 Å². The molecule has 0 amide bonds. The van der Waals surface area contributed by atoms with Gasteiger partial charge in [-0.15, -0.1) is 0 Å². The number of ether oxygens (including phenoxy) is 2. The normalized spacial score (nSPS) is 15.2. The molecule has 0 radical (unpaired) electrons. The van der Waals surface area contributed by atoms with Crippen molar-refractivity contribution < 1.29 is 19.1 Å². The molecule has 0 saturated carbocycles. The van der Waals surface area contributed by atoms with Gasteiger partial charge in [-0.25, -0.2) is 9.59 Å². The fourth-order valence-electron chi connectivity index (χ4n) is 4.82. The summed E-state index contributed by atoms with van der Waals surface area (Å²) in [6, 6.07) is 15.5. The Bertz CT molecular complexity index is 900. The Balaban J connectivity index is 1.45. The van der Waals surface area contributed by atoms with Gasteiger partial charge in [0.1, 0.15) is 0 Å². The van der Waals surface area contributed by atoms with Crippen molar-refractivity contribution in [2.75, 3.05) is 36.0 Å². The average Bonchev–Trinajstić information content (AvgIpc) is 2.93. The summed E-state index contributed by atoms with van der Waals surface area (Å²) >= 11 is 0. The van der Waals surface area contributed by atoms with E-state index in [0.717, 1.165) is 76.1 Å². The van der Waals surface area contributed by atoms with Crippen LogP contribution < -0.4 is 9.80 Å². The van der Waals surface area contributed by atoms with Crippen molar-refractivity contribution >= 4 is 23.3 Å². The summed E-state index contributed by atoms with van der Waals surface area (Å²) in [6.07, 6.45) is 8.55. The van der Waals surface area contributed by atoms with Gasteiger partial charge in [0.05, 0.1) is 23.3 Å². The minimum atomic E-state index is -0.247. The van der Waals surface area contributed by atoms with Crippen molar-refractivity contribution in [2.24, 2.45) is 0 Å². The van der Waals surface area contributed by atoms with Gasteiger partial charge in [0.25, 0.3) is 0 Å². The van der Waals surface area contributed by atoms with E-state index >= 15 is 0 Å². The fraction of sp³-hybridized carbons (Fsp3) is 0.562. The molecule has 1 fully saturated rings. The van der Waals surface area contributed by atoms with Crippen LogP contribution in [0.2, 0.25) is 0 Å². The fourth-order valence-corrected chi connectivity index (χ4v) is 4.82. The zero-order valence-electron chi connectivity index (χ0n) is 23.8. The quantitative estimate of drug-likeness (QED) is 0.192. The van der Waals surface area contributed by atoms with Crippen molar-refractivity contribution in [1.82, 2.24) is 0 Å². The SMILES string of the molecule is CCCCC[C@H](C)OC(=O)c1ccc(N2CCN(c3ccc(C(=O)O[C@@H](C)CCCCC)cc3)CC2)cc1. The van der Waals surface area contributed by atoms with E-state index in [9.17, 15) is 9.59 Å². The lowest BCUT2D eigenvalue weighted by molar-refractivity contribution is 0.0309. The molecule has 1 heterocycles. The number of hydrogen-bond acceptors (Lipinski definition) is 6. The zero-order chi connectivity index (χ0) is 27.3. The van der Waals surface area contributed by atoms with Crippen molar-refractivity contribution in [3.05, 3.63) is 59.7 Å². The number of rotatable bonds is 14. The van der Waals surface area contributed by atoms with Gasteiger partial charge in [-0.1, -0.05) is 39.5 Å². The maximum atomic E-state index is 12.5. The van der Waals surface area contributed by atoms with Crippen LogP contribution in [0.15, 0.2) is 48.5 Å². The van der Waals surface area contributed by atoms with Crippen LogP contribution in [0.4, 0.5) is 11.4 Å². The molecule has 0 aliphatic carbocycles. The Labute approximate surface area is 229 Å². The second-order valence-corrected chi connectivity index (χ2v) is 10.5. The van der Waals surface area contributed by atoms with E-state index in [-0.39, 0.29) is 24.1 Å². The molecular weight excluding hydrogens is 476 g/mol. The van der Waals surface area contributed by atoms with Crippen molar-refractivity contribution in [1.29, 1.82) is 0 Å². The Morgan fingerprint density at radius 2 is 0.974 bits per heavy atom. The number of carbonyl (C=O) groups excluding carboxylic acids is 2. The van der Waals surface area contributed by atoms with Gasteiger partial charge in [-0.05, 0) is 88.1 Å². The lowest BCUT2D eigenvalue weighted by Crippen LogP contribution is -2.46. The molecule has 1 saturated heterocycles. The predicted octanol–water partition coefficient (Wildman–Crippen LogP) is 7.26. The Kier molecular flexibility index (Phi) is 12.0. The van der Waals surface area contributed by atoms with Crippen LogP contribution in [0.25, 0.3) is 0 Å². The maximum absolute atomic E-state index is 12.5. The first-order valence-electron chi connectivity index (χ1n) is 14.5. The third-order valence-corrected chi connectivity index (χ3v) is 7.26. The van der Waals surface area contributed by atoms with E-state index in [4.69, 9.17) is 9.47 Å². The van der Waals surface area contributed by atoms with Gasteiger partial charge >= 0.3 is 11.9 Å². The van der Waals surface area contributed by atoms with Crippen molar-refractivity contribution in [3.8, 4) is 0 Å². The highest BCUT2D eigenvalue weighted by Crippen LogP contribution is 2.23. The number of carbonyl (C=O) groups is 2. The molecule has 0 N–H and O–H groups in total. The molecule has 0 spiro atoms. The lowest BCUT2D eigenvalue weighted by Gasteiger charge is -2.37. The Hall–Kier alpha value is -3.02. The number of piperazine rings is 1. The second kappa shape index (κ2) is 15.4. The van der Waals surface area contributed by atoms with Gasteiger partial charge in [0.15, 0.2) is 0 Å². The Morgan fingerprint density at radius 3 is 1.29 bits per heavy atom. The molecule has 6 nitrogen and oxygen atoms in total. The van der Waals surface area contributed by atoms with Gasteiger partial charge < -0.3 is 19.3 Å². The minimum absolute atomic E-state index is 0.0550. The molecule has 1 aliphatic heterocycles. The topological polar surface area (TPSA) is 59.1 Å². The van der Waals surface area contributed by atoms with E-state index in [0.29, 0.717) is 11.1 Å². The summed E-state index contributed by atoms with van der Waals surface area (Å²) in [6.45, 7) is 11.8. The Morgan fingerprint density at radius 1 is 0.632 bits per heavy atom. The molecule has 38 heavy (non-hydrogen) atoms. The molecule has 0 aromatic heterocycles. The molecule has 0 unspecified atom stereocenters. The van der Waals surface area contributed by atoms with E-state index in [1.807, 2.05) is 62.4 Å². The van der Waals surface area contributed by atoms with Crippen LogP contribution in [0.5, 0.6) is 0 Å². The van der Waals surface area contributed by atoms with E-state index in [1.165, 1.54) is 12.8 Å². The lowest BCUT2D eigenvalue weighted by atomic mass is 10.1. The average molecular weight is 523 g/mol. The van der Waals surface area contributed by atoms with Gasteiger partial charge in [-0.3, -0.25) is 0 Å². The number of benzene rings is 2. The molecule has 2 atom stereocenters. The second-order valence-electron chi connectivity index (χ2n) is 10.5. The van der Waals surface area contributed by atoms with E-state index in [2.05, 4.69) is 23.6 Å². The largest absolute Gasteiger partial charge is 0.459 e. The van der Waals surface area contributed by atoms with E-state index < -0.39 is 0 Å². The number of unbranched alkanes of at least 4 members (excludes halogenated alkanes) is 4. The van der Waals surface area contributed by atoms with Crippen molar-refractivity contribution in [3.63, 3.8) is 0 Å². The third kappa shape index (κ3) is 9.07. The summed E-state index contributed by atoms with van der Waals surface area (Å²) in [5.74, 6) is -0.493. The van der Waals surface area contributed by atoms with Crippen LogP contribution in [0.1, 0.15) is 99.8 Å². The molecule has 208 valence electrons. The van der Waals surface area contributed by atoms with Crippen LogP contribution in [-0.4, -0.2) is 50.3 Å². The van der Waals surface area contributed by atoms with Crippen LogP contribution in [-0.2, 0) is 9.47 Å². The first kappa shape index (κ1) is 29.5. The zero-order valence-corrected chi connectivity index (χ0v) is 23.8. The molecule has 3 rings (SSSR count). The third-order valence-electron chi connectivity index (χ3n) is 7.26. The van der Waals surface area contributed by atoms with E-state index in [1.54, 1.807) is 0 Å². The number of nitrogens with zero attached hydrogens (tertiary/aromatic N) is 2. The maximum Gasteiger partial charge on any atom is 0.338 e. The smallest absolute Gasteiger partial charge is 0.338 e. The molecule has 6 heteroatoms. The summed E-state index contributed by atoms with van der Waals surface area (Å²) in [5, 5.41) is 0. The van der Waals surface area contributed by atoms with Crippen LogP contribution in [0, 0.1) is 0 Å². The van der Waals surface area contributed by atoms with Gasteiger partial charge in [-0.2, -0.15) is 0 Å². The first-order valence-corrected chi connectivity index (χ1v) is 14.5. The summed E-state index contributed by atoms with van der Waals surface area (Å²) in [4.78, 5) is 29.6. The van der Waals surface area contributed by atoms with Gasteiger partial charge in [0, 0.05) is 37.6 Å². The molecule has 2 aromatic rings. The molecular formula is C32H46N2O4. The highest BCUT2D eigenvalue weighted by molar-refractivity contribution is 5.90. The first-order chi connectivity index (χ1) is 18.4. The summed E-state index contributed by atoms with van der Waals surface area (Å²) in [5.41, 5.74) is 3.43. The highest BCUT2D eigenvalue weighted by Gasteiger charge is 2.19.